The lowest BCUT2D eigenvalue weighted by Crippen LogP contribution is -2.30. The predicted molar refractivity (Wildman–Crippen MR) is 162 cm³/mol. The van der Waals surface area contributed by atoms with Crippen LogP contribution in [0.4, 0.5) is 5.69 Å². The van der Waals surface area contributed by atoms with Gasteiger partial charge in [0.1, 0.15) is 0 Å². The Morgan fingerprint density at radius 3 is 2.33 bits per heavy atom. The number of pyridine rings is 1. The highest BCUT2D eigenvalue weighted by atomic mass is 32.2. The first-order valence-electron chi connectivity index (χ1n) is 13.4. The summed E-state index contributed by atoms with van der Waals surface area (Å²) in [5, 5.41) is 12.1. The first kappa shape index (κ1) is 30.0. The molecule has 0 aliphatic heterocycles. The fourth-order valence-corrected chi connectivity index (χ4v) is 7.53. The van der Waals surface area contributed by atoms with E-state index in [0.29, 0.717) is 31.6 Å². The van der Waals surface area contributed by atoms with E-state index in [-0.39, 0.29) is 16.3 Å². The molecule has 0 bridgehead atoms. The molecule has 43 heavy (non-hydrogen) atoms. The fraction of sp³-hybridized carbons (Fsp3) is 0.167. The Balaban J connectivity index is 1.38. The van der Waals surface area contributed by atoms with Crippen LogP contribution in [0, 0.1) is 10.1 Å². The second-order valence-electron chi connectivity index (χ2n) is 9.83. The fourth-order valence-electron chi connectivity index (χ4n) is 4.88. The van der Waals surface area contributed by atoms with Crippen LogP contribution in [-0.4, -0.2) is 48.7 Å². The maximum Gasteiger partial charge on any atom is 0.289 e. The topological polar surface area (TPSA) is 145 Å². The van der Waals surface area contributed by atoms with Gasteiger partial charge in [-0.05, 0) is 47.9 Å². The second kappa shape index (κ2) is 12.8. The summed E-state index contributed by atoms with van der Waals surface area (Å²) in [4.78, 5) is 16.7. The molecule has 0 aliphatic carbocycles. The normalized spacial score (nSPS) is 12.1. The van der Waals surface area contributed by atoms with Gasteiger partial charge in [-0.15, -0.1) is 0 Å². The summed E-state index contributed by atoms with van der Waals surface area (Å²) in [6, 6.07) is 24.5. The molecule has 0 aliphatic rings. The van der Waals surface area contributed by atoms with E-state index in [4.69, 9.17) is 0 Å². The molecular weight excluding hydrogens is 590 g/mol. The molecule has 5 aromatic rings. The molecular formula is C30H29N5O6S2. The van der Waals surface area contributed by atoms with Crippen molar-refractivity contribution < 1.29 is 21.8 Å². The van der Waals surface area contributed by atoms with Crippen molar-refractivity contribution >= 4 is 36.6 Å². The Morgan fingerprint density at radius 2 is 1.58 bits per heavy atom. The number of para-hydroxylation sites is 2. The number of hydrogen-bond donors (Lipinski definition) is 1. The van der Waals surface area contributed by atoms with E-state index in [1.165, 1.54) is 22.2 Å². The molecule has 0 fully saturated rings. The van der Waals surface area contributed by atoms with E-state index in [1.807, 2.05) is 24.3 Å². The molecule has 2 aromatic heterocycles. The van der Waals surface area contributed by atoms with Crippen molar-refractivity contribution in [1.29, 1.82) is 0 Å². The standard InChI is InChI=1S/C30H29N5O6S2/c36-35(37)29-15-6-7-16-30(29)42(38,39)32-18-9-19-33(21-24-10-8-17-31-20-24)22-25-23-34(28-14-5-4-13-27(25)28)43(40,41)26-11-2-1-3-12-26/h1-8,10-17,20,23,32H,9,18-19,21-22H2. The van der Waals surface area contributed by atoms with Crippen molar-refractivity contribution in [2.24, 2.45) is 0 Å². The first-order chi connectivity index (χ1) is 20.7. The van der Waals surface area contributed by atoms with Gasteiger partial charge in [0.05, 0.1) is 15.3 Å². The summed E-state index contributed by atoms with van der Waals surface area (Å²) in [6.07, 6.45) is 5.45. The van der Waals surface area contributed by atoms with E-state index in [0.717, 1.165) is 22.6 Å². The highest BCUT2D eigenvalue weighted by Gasteiger charge is 2.25. The van der Waals surface area contributed by atoms with Gasteiger partial charge in [-0.2, -0.15) is 0 Å². The first-order valence-corrected chi connectivity index (χ1v) is 16.3. The van der Waals surface area contributed by atoms with Gasteiger partial charge in [0.15, 0.2) is 4.90 Å². The van der Waals surface area contributed by atoms with Crippen LogP contribution in [0.1, 0.15) is 17.5 Å². The average molecular weight is 620 g/mol. The van der Waals surface area contributed by atoms with Crippen LogP contribution in [0.3, 0.4) is 0 Å². The maximum absolute atomic E-state index is 13.6. The number of aromatic nitrogens is 2. The van der Waals surface area contributed by atoms with Crippen molar-refractivity contribution in [2.75, 3.05) is 13.1 Å². The zero-order chi connectivity index (χ0) is 30.5. The van der Waals surface area contributed by atoms with Crippen LogP contribution in [0.25, 0.3) is 10.9 Å². The summed E-state index contributed by atoms with van der Waals surface area (Å²) >= 11 is 0. The van der Waals surface area contributed by atoms with Gasteiger partial charge in [0, 0.05) is 56.2 Å². The van der Waals surface area contributed by atoms with Crippen LogP contribution < -0.4 is 4.72 Å². The predicted octanol–water partition coefficient (Wildman–Crippen LogP) is 4.55. The zero-order valence-electron chi connectivity index (χ0n) is 23.0. The lowest BCUT2D eigenvalue weighted by atomic mass is 10.1. The van der Waals surface area contributed by atoms with E-state index in [1.54, 1.807) is 61.1 Å². The third-order valence-corrected chi connectivity index (χ3v) is 10.1. The van der Waals surface area contributed by atoms with E-state index in [9.17, 15) is 26.9 Å². The number of fused-ring (bicyclic) bond motifs is 1. The SMILES string of the molecule is O=[N+]([O-])c1ccccc1S(=O)(=O)NCCCN(Cc1cccnc1)Cc1cn(S(=O)(=O)c2ccccc2)c2ccccc12. The number of nitrogens with zero attached hydrogens (tertiary/aromatic N) is 4. The molecule has 0 radical (unpaired) electrons. The van der Waals surface area contributed by atoms with Gasteiger partial charge in [0.2, 0.25) is 10.0 Å². The van der Waals surface area contributed by atoms with Gasteiger partial charge in [-0.25, -0.2) is 25.5 Å². The average Bonchev–Trinajstić information content (AvgIpc) is 3.39. The number of rotatable bonds is 13. The van der Waals surface area contributed by atoms with Crippen LogP contribution in [0.5, 0.6) is 0 Å². The van der Waals surface area contributed by atoms with Crippen LogP contribution in [-0.2, 0) is 33.1 Å². The summed E-state index contributed by atoms with van der Waals surface area (Å²) in [5.41, 5.74) is 1.79. The van der Waals surface area contributed by atoms with Crippen molar-refractivity contribution in [1.82, 2.24) is 18.6 Å². The monoisotopic (exact) mass is 619 g/mol. The van der Waals surface area contributed by atoms with E-state index < -0.39 is 30.7 Å². The highest BCUT2D eigenvalue weighted by Crippen LogP contribution is 2.28. The van der Waals surface area contributed by atoms with Gasteiger partial charge in [-0.1, -0.05) is 54.6 Å². The molecule has 0 saturated heterocycles. The molecule has 2 heterocycles. The molecule has 13 heteroatoms. The Morgan fingerprint density at radius 1 is 0.860 bits per heavy atom. The van der Waals surface area contributed by atoms with Crippen LogP contribution >= 0.6 is 0 Å². The molecule has 11 nitrogen and oxygen atoms in total. The summed E-state index contributed by atoms with van der Waals surface area (Å²) in [7, 11) is -7.96. The zero-order valence-corrected chi connectivity index (χ0v) is 24.6. The molecule has 0 saturated carbocycles. The quantitative estimate of drug-likeness (QED) is 0.115. The minimum Gasteiger partial charge on any atom is -0.295 e. The number of benzene rings is 3. The van der Waals surface area contributed by atoms with Gasteiger partial charge >= 0.3 is 0 Å². The van der Waals surface area contributed by atoms with E-state index >= 15 is 0 Å². The third kappa shape index (κ3) is 6.81. The van der Waals surface area contributed by atoms with Gasteiger partial charge in [0.25, 0.3) is 15.7 Å². The summed E-state index contributed by atoms with van der Waals surface area (Å²) < 4.78 is 56.6. The van der Waals surface area contributed by atoms with Crippen molar-refractivity contribution in [2.45, 2.75) is 29.3 Å². The molecule has 1 N–H and O–H groups in total. The lowest BCUT2D eigenvalue weighted by Gasteiger charge is -2.22. The number of nitrogens with one attached hydrogen (secondary N) is 1. The van der Waals surface area contributed by atoms with Crippen molar-refractivity contribution in [3.8, 4) is 0 Å². The molecule has 0 atom stereocenters. The van der Waals surface area contributed by atoms with Gasteiger partial charge < -0.3 is 0 Å². The third-order valence-electron chi connectivity index (χ3n) is 6.88. The summed E-state index contributed by atoms with van der Waals surface area (Å²) in [6.45, 7) is 1.35. The number of hydrogen-bond acceptors (Lipinski definition) is 8. The van der Waals surface area contributed by atoms with Crippen LogP contribution in [0.2, 0.25) is 0 Å². The Hall–Kier alpha value is -4.43. The Bertz CT molecular complexity index is 1950. The number of sulfonamides is 1. The van der Waals surface area contributed by atoms with Gasteiger partial charge in [-0.3, -0.25) is 20.0 Å². The lowest BCUT2D eigenvalue weighted by molar-refractivity contribution is -0.387. The Labute approximate surface area is 249 Å². The Kier molecular flexibility index (Phi) is 8.97. The largest absolute Gasteiger partial charge is 0.295 e. The molecule has 0 unspecified atom stereocenters. The number of nitro groups is 1. The van der Waals surface area contributed by atoms with Crippen LogP contribution in [0.15, 0.2) is 119 Å². The molecule has 3 aromatic carbocycles. The van der Waals surface area contributed by atoms with Crippen molar-refractivity contribution in [3.05, 3.63) is 131 Å². The number of nitro benzene ring substituents is 1. The molecule has 222 valence electrons. The highest BCUT2D eigenvalue weighted by molar-refractivity contribution is 7.90. The summed E-state index contributed by atoms with van der Waals surface area (Å²) in [5.74, 6) is 0. The second-order valence-corrected chi connectivity index (χ2v) is 13.4. The maximum atomic E-state index is 13.6. The minimum atomic E-state index is -4.11. The minimum absolute atomic E-state index is 0.0437. The molecule has 5 rings (SSSR count). The smallest absolute Gasteiger partial charge is 0.289 e. The van der Waals surface area contributed by atoms with E-state index in [2.05, 4.69) is 14.6 Å². The van der Waals surface area contributed by atoms with Crippen molar-refractivity contribution in [3.63, 3.8) is 0 Å². The molecule has 0 spiro atoms. The molecule has 0 amide bonds.